The molecule has 3 nitrogen and oxygen atoms in total. The van der Waals surface area contributed by atoms with Crippen molar-refractivity contribution in [3.63, 3.8) is 0 Å². The zero-order chi connectivity index (χ0) is 13.2. The van der Waals surface area contributed by atoms with Gasteiger partial charge in [0, 0.05) is 37.3 Å². The van der Waals surface area contributed by atoms with E-state index in [2.05, 4.69) is 41.2 Å². The third kappa shape index (κ3) is 2.40. The predicted molar refractivity (Wildman–Crippen MR) is 79.9 cm³/mol. The van der Waals surface area contributed by atoms with Crippen molar-refractivity contribution in [2.45, 2.75) is 44.8 Å². The maximum absolute atomic E-state index is 5.84. The van der Waals surface area contributed by atoms with E-state index >= 15 is 0 Å². The number of aromatic nitrogens is 1. The summed E-state index contributed by atoms with van der Waals surface area (Å²) in [6, 6.07) is 9.39. The van der Waals surface area contributed by atoms with Crippen LogP contribution in [0.5, 0.6) is 0 Å². The fraction of sp³-hybridized carbons (Fsp3) is 0.500. The lowest BCUT2D eigenvalue weighted by molar-refractivity contribution is 0.514. The summed E-state index contributed by atoms with van der Waals surface area (Å²) in [5, 5.41) is 4.98. The van der Waals surface area contributed by atoms with Gasteiger partial charge in [0.15, 0.2) is 0 Å². The third-order valence-electron chi connectivity index (χ3n) is 4.39. The summed E-state index contributed by atoms with van der Waals surface area (Å²) in [5.74, 6) is 0. The Morgan fingerprint density at radius 1 is 1.32 bits per heavy atom. The quantitative estimate of drug-likeness (QED) is 0.884. The number of nitrogens with one attached hydrogen (secondary N) is 1. The second-order valence-electron chi connectivity index (χ2n) is 5.62. The molecule has 0 spiro atoms. The summed E-state index contributed by atoms with van der Waals surface area (Å²) >= 11 is 0. The van der Waals surface area contributed by atoms with Crippen LogP contribution in [0.15, 0.2) is 24.3 Å². The van der Waals surface area contributed by atoms with E-state index in [1.165, 1.54) is 47.8 Å². The molecule has 1 aromatic carbocycles. The molecule has 1 aliphatic rings. The molecule has 0 saturated heterocycles. The lowest BCUT2D eigenvalue weighted by Crippen LogP contribution is -2.26. The van der Waals surface area contributed by atoms with Crippen molar-refractivity contribution in [1.82, 2.24) is 9.88 Å². The zero-order valence-corrected chi connectivity index (χ0v) is 11.7. The minimum absolute atomic E-state index is 0.602. The molecule has 19 heavy (non-hydrogen) atoms. The van der Waals surface area contributed by atoms with Crippen molar-refractivity contribution in [1.29, 1.82) is 0 Å². The summed E-state index contributed by atoms with van der Waals surface area (Å²) in [7, 11) is 2.15. The Morgan fingerprint density at radius 3 is 2.84 bits per heavy atom. The lowest BCUT2D eigenvalue weighted by Gasteiger charge is -2.12. The minimum Gasteiger partial charge on any atom is -0.346 e. The standard InChI is InChI=1S/C16H23N3/c1-19-15(11-18-14-7-2-3-8-14)9-12-5-4-6-13(10-17)16(12)19/h4-6,9,14,18H,2-3,7-8,10-11,17H2,1H3. The zero-order valence-electron chi connectivity index (χ0n) is 11.7. The maximum atomic E-state index is 5.84. The third-order valence-corrected chi connectivity index (χ3v) is 4.39. The van der Waals surface area contributed by atoms with Gasteiger partial charge in [-0.2, -0.15) is 0 Å². The van der Waals surface area contributed by atoms with Crippen LogP contribution in [0, 0.1) is 0 Å². The van der Waals surface area contributed by atoms with E-state index in [9.17, 15) is 0 Å². The van der Waals surface area contributed by atoms with Gasteiger partial charge in [-0.25, -0.2) is 0 Å². The summed E-state index contributed by atoms with van der Waals surface area (Å²) in [5.41, 5.74) is 9.70. The van der Waals surface area contributed by atoms with Gasteiger partial charge in [0.25, 0.3) is 0 Å². The number of hydrogen-bond acceptors (Lipinski definition) is 2. The highest BCUT2D eigenvalue weighted by Gasteiger charge is 2.15. The van der Waals surface area contributed by atoms with Crippen LogP contribution in [0.4, 0.5) is 0 Å². The lowest BCUT2D eigenvalue weighted by atomic mass is 10.1. The number of hydrogen-bond donors (Lipinski definition) is 2. The molecule has 0 aliphatic heterocycles. The van der Waals surface area contributed by atoms with Gasteiger partial charge in [0.05, 0.1) is 5.52 Å². The Morgan fingerprint density at radius 2 is 2.11 bits per heavy atom. The monoisotopic (exact) mass is 257 g/mol. The molecule has 102 valence electrons. The topological polar surface area (TPSA) is 43.0 Å². The highest BCUT2D eigenvalue weighted by atomic mass is 15.0. The van der Waals surface area contributed by atoms with Crippen molar-refractivity contribution >= 4 is 10.9 Å². The van der Waals surface area contributed by atoms with Crippen molar-refractivity contribution in [2.24, 2.45) is 12.8 Å². The average Bonchev–Trinajstić information content (AvgIpc) is 3.05. The number of benzene rings is 1. The molecule has 0 amide bonds. The molecular formula is C16H23N3. The summed E-state index contributed by atoms with van der Waals surface area (Å²) in [6.45, 7) is 1.56. The highest BCUT2D eigenvalue weighted by molar-refractivity contribution is 5.84. The normalized spacial score (nSPS) is 16.5. The molecule has 0 unspecified atom stereocenters. The maximum Gasteiger partial charge on any atom is 0.0525 e. The smallest absolute Gasteiger partial charge is 0.0525 e. The van der Waals surface area contributed by atoms with Crippen LogP contribution in [0.2, 0.25) is 0 Å². The predicted octanol–water partition coefficient (Wildman–Crippen LogP) is 2.67. The molecule has 3 N–H and O–H groups in total. The number of aryl methyl sites for hydroxylation is 1. The molecular weight excluding hydrogens is 234 g/mol. The molecule has 1 heterocycles. The molecule has 3 rings (SSSR count). The largest absolute Gasteiger partial charge is 0.346 e. The Balaban J connectivity index is 1.85. The number of fused-ring (bicyclic) bond motifs is 1. The Bertz CT molecular complexity index is 565. The van der Waals surface area contributed by atoms with Gasteiger partial charge in [0.1, 0.15) is 0 Å². The molecule has 1 fully saturated rings. The van der Waals surface area contributed by atoms with E-state index < -0.39 is 0 Å². The SMILES string of the molecule is Cn1c(CNC2CCCC2)cc2cccc(CN)c21. The van der Waals surface area contributed by atoms with E-state index in [1.807, 2.05) is 0 Å². The van der Waals surface area contributed by atoms with Gasteiger partial charge >= 0.3 is 0 Å². The fourth-order valence-electron chi connectivity index (χ4n) is 3.27. The molecule has 0 radical (unpaired) electrons. The van der Waals surface area contributed by atoms with Crippen LogP contribution < -0.4 is 11.1 Å². The first kappa shape index (κ1) is 12.7. The summed E-state index contributed by atoms with van der Waals surface area (Å²) < 4.78 is 2.29. The van der Waals surface area contributed by atoms with E-state index in [-0.39, 0.29) is 0 Å². The average molecular weight is 257 g/mol. The van der Waals surface area contributed by atoms with E-state index in [1.54, 1.807) is 0 Å². The Kier molecular flexibility index (Phi) is 3.58. The van der Waals surface area contributed by atoms with Gasteiger partial charge in [-0.3, -0.25) is 0 Å². The van der Waals surface area contributed by atoms with E-state index in [0.717, 1.165) is 6.54 Å². The molecule has 1 saturated carbocycles. The van der Waals surface area contributed by atoms with E-state index in [4.69, 9.17) is 5.73 Å². The molecule has 0 atom stereocenters. The number of nitrogens with zero attached hydrogens (tertiary/aromatic N) is 1. The second-order valence-corrected chi connectivity index (χ2v) is 5.62. The van der Waals surface area contributed by atoms with Crippen LogP contribution in [0.25, 0.3) is 10.9 Å². The first-order valence-corrected chi connectivity index (χ1v) is 7.29. The minimum atomic E-state index is 0.602. The molecule has 1 aromatic heterocycles. The Labute approximate surface area is 114 Å². The van der Waals surface area contributed by atoms with Crippen molar-refractivity contribution in [3.8, 4) is 0 Å². The Hall–Kier alpha value is -1.32. The molecule has 2 aromatic rings. The van der Waals surface area contributed by atoms with Gasteiger partial charge in [-0.05, 0) is 24.5 Å². The van der Waals surface area contributed by atoms with Crippen LogP contribution >= 0.6 is 0 Å². The van der Waals surface area contributed by atoms with Crippen LogP contribution in [0.1, 0.15) is 36.9 Å². The van der Waals surface area contributed by atoms with Gasteiger partial charge in [-0.15, -0.1) is 0 Å². The first-order chi connectivity index (χ1) is 9.29. The van der Waals surface area contributed by atoms with Crippen molar-refractivity contribution in [2.75, 3.05) is 0 Å². The van der Waals surface area contributed by atoms with Crippen LogP contribution in [0.3, 0.4) is 0 Å². The van der Waals surface area contributed by atoms with Crippen molar-refractivity contribution < 1.29 is 0 Å². The van der Waals surface area contributed by atoms with E-state index in [0.29, 0.717) is 12.6 Å². The molecule has 0 bridgehead atoms. The van der Waals surface area contributed by atoms with Crippen LogP contribution in [-0.4, -0.2) is 10.6 Å². The number of para-hydroxylation sites is 1. The van der Waals surface area contributed by atoms with Crippen LogP contribution in [-0.2, 0) is 20.1 Å². The summed E-state index contributed by atoms with van der Waals surface area (Å²) in [6.07, 6.45) is 5.42. The fourth-order valence-corrected chi connectivity index (χ4v) is 3.27. The van der Waals surface area contributed by atoms with Gasteiger partial charge < -0.3 is 15.6 Å². The molecule has 3 heteroatoms. The highest BCUT2D eigenvalue weighted by Crippen LogP contribution is 2.23. The summed E-state index contributed by atoms with van der Waals surface area (Å²) in [4.78, 5) is 0. The number of nitrogens with two attached hydrogens (primary N) is 1. The first-order valence-electron chi connectivity index (χ1n) is 7.29. The van der Waals surface area contributed by atoms with Gasteiger partial charge in [0.2, 0.25) is 0 Å². The molecule has 1 aliphatic carbocycles. The second kappa shape index (κ2) is 5.35. The van der Waals surface area contributed by atoms with Crippen molar-refractivity contribution in [3.05, 3.63) is 35.5 Å². The number of rotatable bonds is 4. The van der Waals surface area contributed by atoms with Gasteiger partial charge in [-0.1, -0.05) is 31.0 Å².